The maximum Gasteiger partial charge on any atom is 0.326 e. The Hall–Kier alpha value is -1.79. The molecule has 0 spiro atoms. The van der Waals surface area contributed by atoms with E-state index in [-0.39, 0.29) is 18.0 Å². The van der Waals surface area contributed by atoms with Crippen molar-refractivity contribution >= 4 is 41.0 Å². The molecule has 3 N–H and O–H groups in total. The van der Waals surface area contributed by atoms with E-state index in [0.29, 0.717) is 16.5 Å². The van der Waals surface area contributed by atoms with Crippen LogP contribution in [0.2, 0.25) is 10.0 Å². The van der Waals surface area contributed by atoms with E-state index in [9.17, 15) is 14.4 Å². The first-order chi connectivity index (χ1) is 10.7. The zero-order valence-corrected chi connectivity index (χ0v) is 14.2. The van der Waals surface area contributed by atoms with Gasteiger partial charge in [-0.25, -0.2) is 4.79 Å². The lowest BCUT2D eigenvalue weighted by Gasteiger charge is -2.16. The molecule has 1 atom stereocenters. The second-order valence-electron chi connectivity index (χ2n) is 5.43. The Kier molecular flexibility index (Phi) is 7.32. The topological polar surface area (TPSA) is 95.5 Å². The van der Waals surface area contributed by atoms with Gasteiger partial charge >= 0.3 is 5.97 Å². The van der Waals surface area contributed by atoms with Gasteiger partial charge in [-0.3, -0.25) is 9.59 Å². The summed E-state index contributed by atoms with van der Waals surface area (Å²) in [5.41, 5.74) is 0.215. The normalized spacial score (nSPS) is 11.9. The third-order valence-electron chi connectivity index (χ3n) is 2.87. The van der Waals surface area contributed by atoms with E-state index >= 15 is 0 Å². The van der Waals surface area contributed by atoms with Crippen LogP contribution in [-0.2, 0) is 9.59 Å². The third-order valence-corrected chi connectivity index (χ3v) is 3.31. The number of hydrogen-bond donors (Lipinski definition) is 3. The van der Waals surface area contributed by atoms with E-state index in [2.05, 4.69) is 10.6 Å². The van der Waals surface area contributed by atoms with Crippen molar-refractivity contribution in [2.45, 2.75) is 26.3 Å². The predicted molar refractivity (Wildman–Crippen MR) is 87.8 cm³/mol. The smallest absolute Gasteiger partial charge is 0.326 e. The number of aliphatic carboxylic acids is 1. The standard InChI is InChI=1S/C15H18Cl2N2O4/c1-8(2)3-12(15(22)23)19-13(20)7-18-14(21)9-4-10(16)6-11(17)5-9/h4-6,8,12H,3,7H2,1-2H3,(H,18,21)(H,19,20)(H,22,23)/t12-/m0/s1. The molecule has 1 aromatic carbocycles. The summed E-state index contributed by atoms with van der Waals surface area (Å²) >= 11 is 11.6. The summed E-state index contributed by atoms with van der Waals surface area (Å²) in [7, 11) is 0. The maximum absolute atomic E-state index is 11.9. The van der Waals surface area contributed by atoms with Gasteiger partial charge < -0.3 is 15.7 Å². The molecule has 1 aromatic rings. The number of carboxylic acids is 1. The van der Waals surface area contributed by atoms with E-state index in [1.807, 2.05) is 13.8 Å². The Morgan fingerprint density at radius 1 is 1.13 bits per heavy atom. The predicted octanol–water partition coefficient (Wildman–Crippen LogP) is 2.34. The maximum atomic E-state index is 11.9. The van der Waals surface area contributed by atoms with Crippen LogP contribution in [-0.4, -0.2) is 35.5 Å². The van der Waals surface area contributed by atoms with Gasteiger partial charge in [-0.1, -0.05) is 37.0 Å². The van der Waals surface area contributed by atoms with Crippen LogP contribution in [0.4, 0.5) is 0 Å². The van der Waals surface area contributed by atoms with E-state index in [1.165, 1.54) is 18.2 Å². The fourth-order valence-corrected chi connectivity index (χ4v) is 2.41. The monoisotopic (exact) mass is 360 g/mol. The molecule has 6 nitrogen and oxygen atoms in total. The van der Waals surface area contributed by atoms with Gasteiger partial charge in [0.15, 0.2) is 0 Å². The molecule has 0 aliphatic rings. The van der Waals surface area contributed by atoms with Gasteiger partial charge in [0.25, 0.3) is 5.91 Å². The number of carboxylic acid groups (broad SMARTS) is 1. The first-order valence-electron chi connectivity index (χ1n) is 6.95. The summed E-state index contributed by atoms with van der Waals surface area (Å²) in [6.45, 7) is 3.37. The van der Waals surface area contributed by atoms with E-state index in [1.54, 1.807) is 0 Å². The van der Waals surface area contributed by atoms with Crippen LogP contribution in [0.3, 0.4) is 0 Å². The molecule has 0 radical (unpaired) electrons. The quantitative estimate of drug-likeness (QED) is 0.695. The van der Waals surface area contributed by atoms with Crippen molar-refractivity contribution in [3.8, 4) is 0 Å². The fourth-order valence-electron chi connectivity index (χ4n) is 1.89. The van der Waals surface area contributed by atoms with Crippen molar-refractivity contribution < 1.29 is 19.5 Å². The molecule has 1 rings (SSSR count). The van der Waals surface area contributed by atoms with Crippen molar-refractivity contribution in [1.82, 2.24) is 10.6 Å². The van der Waals surface area contributed by atoms with Crippen LogP contribution in [0.15, 0.2) is 18.2 Å². The second-order valence-corrected chi connectivity index (χ2v) is 6.30. The molecule has 0 heterocycles. The number of amides is 2. The van der Waals surface area contributed by atoms with Crippen LogP contribution < -0.4 is 10.6 Å². The number of halogens is 2. The minimum Gasteiger partial charge on any atom is -0.480 e. The van der Waals surface area contributed by atoms with Gasteiger partial charge in [0, 0.05) is 15.6 Å². The van der Waals surface area contributed by atoms with Crippen molar-refractivity contribution in [1.29, 1.82) is 0 Å². The molecule has 0 bridgehead atoms. The number of hydrogen-bond acceptors (Lipinski definition) is 3. The van der Waals surface area contributed by atoms with Crippen molar-refractivity contribution in [2.75, 3.05) is 6.54 Å². The fraction of sp³-hybridized carbons (Fsp3) is 0.400. The zero-order chi connectivity index (χ0) is 17.6. The van der Waals surface area contributed by atoms with Gasteiger partial charge in [0.1, 0.15) is 6.04 Å². The average Bonchev–Trinajstić information content (AvgIpc) is 2.42. The van der Waals surface area contributed by atoms with E-state index < -0.39 is 23.8 Å². The summed E-state index contributed by atoms with van der Waals surface area (Å²) in [6.07, 6.45) is 0.304. The van der Waals surface area contributed by atoms with Gasteiger partial charge in [0.2, 0.25) is 5.91 Å². The van der Waals surface area contributed by atoms with Crippen molar-refractivity contribution in [2.24, 2.45) is 5.92 Å². The summed E-state index contributed by atoms with van der Waals surface area (Å²) in [5.74, 6) is -2.11. The Morgan fingerprint density at radius 2 is 1.70 bits per heavy atom. The zero-order valence-electron chi connectivity index (χ0n) is 12.7. The highest BCUT2D eigenvalue weighted by molar-refractivity contribution is 6.35. The number of carbonyl (C=O) groups is 3. The second kappa shape index (κ2) is 8.74. The first kappa shape index (κ1) is 19.3. The summed E-state index contributed by atoms with van der Waals surface area (Å²) in [5, 5.41) is 14.4. The van der Waals surface area contributed by atoms with Crippen molar-refractivity contribution in [3.05, 3.63) is 33.8 Å². The minimum absolute atomic E-state index is 0.111. The van der Waals surface area contributed by atoms with Crippen LogP contribution >= 0.6 is 23.2 Å². The van der Waals surface area contributed by atoms with Gasteiger partial charge in [0.05, 0.1) is 6.54 Å². The molecular weight excluding hydrogens is 343 g/mol. The molecule has 126 valence electrons. The molecule has 23 heavy (non-hydrogen) atoms. The number of benzene rings is 1. The summed E-state index contributed by atoms with van der Waals surface area (Å²) in [6, 6.07) is 3.33. The number of carbonyl (C=O) groups excluding carboxylic acids is 2. The SMILES string of the molecule is CC(C)C[C@H](NC(=O)CNC(=O)c1cc(Cl)cc(Cl)c1)C(=O)O. The Morgan fingerprint density at radius 3 is 2.17 bits per heavy atom. The third kappa shape index (κ3) is 6.88. The highest BCUT2D eigenvalue weighted by atomic mass is 35.5. The lowest BCUT2D eigenvalue weighted by atomic mass is 10.0. The average molecular weight is 361 g/mol. The molecule has 0 fully saturated rings. The summed E-state index contributed by atoms with van der Waals surface area (Å²) in [4.78, 5) is 34.8. The van der Waals surface area contributed by atoms with Crippen LogP contribution in [0.1, 0.15) is 30.6 Å². The Bertz CT molecular complexity index is 585. The molecule has 0 unspecified atom stereocenters. The molecule has 2 amide bonds. The Balaban J connectivity index is 2.57. The van der Waals surface area contributed by atoms with E-state index in [4.69, 9.17) is 28.3 Å². The van der Waals surface area contributed by atoms with Crippen molar-refractivity contribution in [3.63, 3.8) is 0 Å². The highest BCUT2D eigenvalue weighted by Gasteiger charge is 2.21. The van der Waals surface area contributed by atoms with Crippen LogP contribution in [0.25, 0.3) is 0 Å². The van der Waals surface area contributed by atoms with E-state index in [0.717, 1.165) is 0 Å². The molecular formula is C15H18Cl2N2O4. The minimum atomic E-state index is -1.11. The molecule has 0 saturated carbocycles. The molecule has 8 heteroatoms. The molecule has 0 aliphatic heterocycles. The highest BCUT2D eigenvalue weighted by Crippen LogP contribution is 2.18. The number of nitrogens with one attached hydrogen (secondary N) is 2. The molecule has 0 saturated heterocycles. The number of rotatable bonds is 7. The summed E-state index contributed by atoms with van der Waals surface area (Å²) < 4.78 is 0. The van der Waals surface area contributed by atoms with Crippen LogP contribution in [0, 0.1) is 5.92 Å². The van der Waals surface area contributed by atoms with Gasteiger partial charge in [-0.05, 0) is 30.5 Å². The molecule has 0 aliphatic carbocycles. The van der Waals surface area contributed by atoms with Gasteiger partial charge in [-0.2, -0.15) is 0 Å². The Labute approximate surface area is 144 Å². The lowest BCUT2D eigenvalue weighted by Crippen LogP contribution is -2.46. The lowest BCUT2D eigenvalue weighted by molar-refractivity contribution is -0.142. The molecule has 0 aromatic heterocycles. The first-order valence-corrected chi connectivity index (χ1v) is 7.71. The van der Waals surface area contributed by atoms with Crippen LogP contribution in [0.5, 0.6) is 0 Å². The largest absolute Gasteiger partial charge is 0.480 e. The van der Waals surface area contributed by atoms with Gasteiger partial charge in [-0.15, -0.1) is 0 Å².